The third-order valence-electron chi connectivity index (χ3n) is 2.46. The highest BCUT2D eigenvalue weighted by atomic mass is 32.1. The number of methoxy groups -OCH3 is 1. The topological polar surface area (TPSA) is 36.5 Å². The van der Waals surface area contributed by atoms with Gasteiger partial charge in [0.15, 0.2) is 5.58 Å². The molecule has 0 aliphatic carbocycles. The number of fused-ring (bicyclic) bond motifs is 1. The van der Waals surface area contributed by atoms with Gasteiger partial charge in [-0.3, -0.25) is 4.57 Å². The molecule has 92 valence electrons. The van der Waals surface area contributed by atoms with Crippen molar-refractivity contribution in [2.75, 3.05) is 26.9 Å². The third kappa shape index (κ3) is 2.94. The highest BCUT2D eigenvalue weighted by molar-refractivity contribution is 7.71. The van der Waals surface area contributed by atoms with Crippen LogP contribution >= 0.6 is 12.2 Å². The van der Waals surface area contributed by atoms with Crippen LogP contribution in [0.2, 0.25) is 0 Å². The summed E-state index contributed by atoms with van der Waals surface area (Å²) in [5, 5.41) is 0. The fraction of sp³-hybridized carbons (Fsp3) is 0.417. The second kappa shape index (κ2) is 5.95. The van der Waals surface area contributed by atoms with Crippen LogP contribution in [0.4, 0.5) is 0 Å². The lowest BCUT2D eigenvalue weighted by Gasteiger charge is -2.04. The van der Waals surface area contributed by atoms with Crippen LogP contribution in [0.15, 0.2) is 28.7 Å². The van der Waals surface area contributed by atoms with Gasteiger partial charge in [0.1, 0.15) is 0 Å². The van der Waals surface area contributed by atoms with E-state index in [1.54, 1.807) is 7.11 Å². The molecule has 0 amide bonds. The summed E-state index contributed by atoms with van der Waals surface area (Å²) in [6, 6.07) is 7.80. The Hall–Kier alpha value is -1.17. The van der Waals surface area contributed by atoms with E-state index in [4.69, 9.17) is 26.1 Å². The summed E-state index contributed by atoms with van der Waals surface area (Å²) in [5.74, 6) is 0. The van der Waals surface area contributed by atoms with Gasteiger partial charge in [0, 0.05) is 7.11 Å². The van der Waals surface area contributed by atoms with Crippen LogP contribution in [0.5, 0.6) is 0 Å². The molecule has 0 aliphatic rings. The lowest BCUT2D eigenvalue weighted by atomic mass is 10.3. The Morgan fingerprint density at radius 1 is 1.24 bits per heavy atom. The molecule has 1 aromatic heterocycles. The Bertz CT molecular complexity index is 532. The molecule has 5 heteroatoms. The number of benzene rings is 1. The van der Waals surface area contributed by atoms with Crippen LogP contribution in [0.3, 0.4) is 0 Å². The summed E-state index contributed by atoms with van der Waals surface area (Å²) < 4.78 is 17.7. The number of hydrogen-bond donors (Lipinski definition) is 0. The molecule has 0 bridgehead atoms. The Morgan fingerprint density at radius 3 is 2.88 bits per heavy atom. The van der Waals surface area contributed by atoms with E-state index in [-0.39, 0.29) is 0 Å². The largest absolute Gasteiger partial charge is 0.429 e. The minimum absolute atomic E-state index is 0.488. The van der Waals surface area contributed by atoms with E-state index < -0.39 is 0 Å². The molecule has 4 nitrogen and oxygen atoms in total. The van der Waals surface area contributed by atoms with E-state index in [1.165, 1.54) is 0 Å². The molecule has 17 heavy (non-hydrogen) atoms. The first kappa shape index (κ1) is 12.3. The van der Waals surface area contributed by atoms with Crippen molar-refractivity contribution in [1.82, 2.24) is 4.57 Å². The molecule has 1 aromatic carbocycles. The molecule has 0 atom stereocenters. The number of rotatable bonds is 6. The van der Waals surface area contributed by atoms with E-state index in [1.807, 2.05) is 28.8 Å². The van der Waals surface area contributed by atoms with Crippen molar-refractivity contribution in [2.45, 2.75) is 6.54 Å². The highest BCUT2D eigenvalue weighted by Gasteiger charge is 2.04. The van der Waals surface area contributed by atoms with Gasteiger partial charge in [-0.1, -0.05) is 12.1 Å². The second-order valence-corrected chi connectivity index (χ2v) is 3.94. The summed E-state index contributed by atoms with van der Waals surface area (Å²) in [7, 11) is 1.66. The van der Waals surface area contributed by atoms with Crippen LogP contribution in [0.1, 0.15) is 0 Å². The van der Waals surface area contributed by atoms with Crippen molar-refractivity contribution >= 4 is 23.3 Å². The van der Waals surface area contributed by atoms with Crippen LogP contribution < -0.4 is 0 Å². The fourth-order valence-electron chi connectivity index (χ4n) is 1.63. The zero-order chi connectivity index (χ0) is 12.1. The average molecular weight is 253 g/mol. The van der Waals surface area contributed by atoms with Crippen molar-refractivity contribution in [2.24, 2.45) is 0 Å². The van der Waals surface area contributed by atoms with Crippen molar-refractivity contribution < 1.29 is 13.9 Å². The van der Waals surface area contributed by atoms with Crippen LogP contribution in [-0.4, -0.2) is 31.5 Å². The standard InChI is InChI=1S/C12H15NO3S/c1-14-8-9-15-7-6-13-10-4-2-3-5-11(10)16-12(13)17/h2-5H,6-9H2,1H3. The van der Waals surface area contributed by atoms with Gasteiger partial charge in [-0.2, -0.15) is 0 Å². The number of hydrogen-bond acceptors (Lipinski definition) is 4. The molecule has 2 rings (SSSR count). The summed E-state index contributed by atoms with van der Waals surface area (Å²) in [4.78, 5) is 0.488. The summed E-state index contributed by atoms with van der Waals surface area (Å²) in [6.07, 6.45) is 0. The van der Waals surface area contributed by atoms with Gasteiger partial charge < -0.3 is 13.9 Å². The lowest BCUT2D eigenvalue weighted by Crippen LogP contribution is -2.09. The first-order valence-corrected chi connectivity index (χ1v) is 5.89. The first-order valence-electron chi connectivity index (χ1n) is 5.48. The maximum absolute atomic E-state index is 5.47. The maximum Gasteiger partial charge on any atom is 0.269 e. The van der Waals surface area contributed by atoms with E-state index in [9.17, 15) is 0 Å². The van der Waals surface area contributed by atoms with E-state index in [0.29, 0.717) is 31.2 Å². The highest BCUT2D eigenvalue weighted by Crippen LogP contribution is 2.16. The number of ether oxygens (including phenoxy) is 2. The molecule has 1 heterocycles. The van der Waals surface area contributed by atoms with Gasteiger partial charge in [0.2, 0.25) is 0 Å². The summed E-state index contributed by atoms with van der Waals surface area (Å²) in [5.41, 5.74) is 1.82. The molecule has 0 unspecified atom stereocenters. The van der Waals surface area contributed by atoms with Gasteiger partial charge >= 0.3 is 0 Å². The maximum atomic E-state index is 5.47. The molecular weight excluding hydrogens is 238 g/mol. The van der Waals surface area contributed by atoms with Crippen molar-refractivity contribution in [3.05, 3.63) is 29.1 Å². The molecule has 0 N–H and O–H groups in total. The molecule has 0 saturated carbocycles. The zero-order valence-electron chi connectivity index (χ0n) is 9.72. The SMILES string of the molecule is COCCOCCn1c(=S)oc2ccccc21. The van der Waals surface area contributed by atoms with Crippen molar-refractivity contribution in [1.29, 1.82) is 0 Å². The van der Waals surface area contributed by atoms with Crippen molar-refractivity contribution in [3.8, 4) is 0 Å². The molecule has 0 saturated heterocycles. The third-order valence-corrected chi connectivity index (χ3v) is 2.77. The molecule has 2 aromatic rings. The summed E-state index contributed by atoms with van der Waals surface area (Å²) in [6.45, 7) is 2.50. The van der Waals surface area contributed by atoms with Crippen LogP contribution in [-0.2, 0) is 16.0 Å². The number of oxazole rings is 1. The Labute approximate surface area is 105 Å². The molecule has 0 radical (unpaired) electrons. The van der Waals surface area contributed by atoms with E-state index in [0.717, 1.165) is 11.1 Å². The van der Waals surface area contributed by atoms with Crippen LogP contribution in [0.25, 0.3) is 11.1 Å². The fourth-order valence-corrected chi connectivity index (χ4v) is 1.91. The lowest BCUT2D eigenvalue weighted by molar-refractivity contribution is 0.0665. The predicted octanol–water partition coefficient (Wildman–Crippen LogP) is 2.63. The van der Waals surface area contributed by atoms with E-state index in [2.05, 4.69) is 0 Å². The number of para-hydroxylation sites is 2. The van der Waals surface area contributed by atoms with Crippen molar-refractivity contribution in [3.63, 3.8) is 0 Å². The smallest absolute Gasteiger partial charge is 0.269 e. The van der Waals surface area contributed by atoms with Gasteiger partial charge in [-0.15, -0.1) is 0 Å². The van der Waals surface area contributed by atoms with Gasteiger partial charge in [-0.25, -0.2) is 0 Å². The Balaban J connectivity index is 2.03. The Morgan fingerprint density at radius 2 is 2.06 bits per heavy atom. The molecular formula is C12H15NO3S. The van der Waals surface area contributed by atoms with Gasteiger partial charge in [0.25, 0.3) is 4.84 Å². The molecule has 0 aliphatic heterocycles. The Kier molecular flexibility index (Phi) is 4.30. The quantitative estimate of drug-likeness (QED) is 0.586. The average Bonchev–Trinajstić information content (AvgIpc) is 2.65. The predicted molar refractivity (Wildman–Crippen MR) is 67.7 cm³/mol. The van der Waals surface area contributed by atoms with Gasteiger partial charge in [-0.05, 0) is 24.4 Å². The van der Waals surface area contributed by atoms with E-state index >= 15 is 0 Å². The minimum Gasteiger partial charge on any atom is -0.429 e. The van der Waals surface area contributed by atoms with Gasteiger partial charge in [0.05, 0.1) is 31.9 Å². The summed E-state index contributed by atoms with van der Waals surface area (Å²) >= 11 is 5.17. The minimum atomic E-state index is 0.488. The monoisotopic (exact) mass is 253 g/mol. The zero-order valence-corrected chi connectivity index (χ0v) is 10.5. The molecule has 0 spiro atoms. The van der Waals surface area contributed by atoms with Crippen LogP contribution in [0, 0.1) is 4.84 Å². The molecule has 0 fully saturated rings. The first-order chi connectivity index (χ1) is 8.33. The number of aromatic nitrogens is 1. The number of nitrogens with zero attached hydrogens (tertiary/aromatic N) is 1. The normalized spacial score (nSPS) is 11.1. The second-order valence-electron chi connectivity index (χ2n) is 3.59.